The number of benzene rings is 1. The number of carbonyl (C=O) groups excluding carboxylic acids is 1. The van der Waals surface area contributed by atoms with Gasteiger partial charge in [-0.2, -0.15) is 4.31 Å². The molecule has 102 valence electrons. The third-order valence-electron chi connectivity index (χ3n) is 3.11. The summed E-state index contributed by atoms with van der Waals surface area (Å²) in [5.74, 6) is 0. The Morgan fingerprint density at radius 2 is 1.89 bits per heavy atom. The van der Waals surface area contributed by atoms with Crippen LogP contribution in [0, 0.1) is 0 Å². The lowest BCUT2D eigenvalue weighted by Crippen LogP contribution is -2.39. The Hall–Kier alpha value is -1.01. The second-order valence-electron chi connectivity index (χ2n) is 4.29. The van der Waals surface area contributed by atoms with E-state index in [1.165, 1.54) is 10.4 Å². The van der Waals surface area contributed by atoms with Crippen LogP contribution in [0.15, 0.2) is 38.6 Å². The summed E-state index contributed by atoms with van der Waals surface area (Å²) in [6.07, 6.45) is 2.64. The van der Waals surface area contributed by atoms with Crippen LogP contribution >= 0.6 is 15.9 Å². The van der Waals surface area contributed by atoms with Gasteiger partial charge in [0.25, 0.3) is 0 Å². The number of hydrogen-bond donors (Lipinski definition) is 0. The van der Waals surface area contributed by atoms with Gasteiger partial charge in [-0.15, -0.1) is 0 Å². The van der Waals surface area contributed by atoms with Crippen molar-refractivity contribution in [2.75, 3.05) is 13.1 Å². The molecule has 0 atom stereocenters. The molecule has 1 aliphatic heterocycles. The van der Waals surface area contributed by atoms with Crippen molar-refractivity contribution in [3.05, 3.63) is 28.7 Å². The minimum Gasteiger partial charge on any atom is -0.211 e. The fourth-order valence-corrected chi connectivity index (χ4v) is 4.51. The minimum atomic E-state index is -3.48. The minimum absolute atomic E-state index is 0.108. The quantitative estimate of drug-likeness (QED) is 0.621. The van der Waals surface area contributed by atoms with Gasteiger partial charge in [0.1, 0.15) is 0 Å². The van der Waals surface area contributed by atoms with Crippen LogP contribution in [0.5, 0.6) is 0 Å². The zero-order valence-electron chi connectivity index (χ0n) is 10.1. The SMILES string of the molecule is O=C=NC1CCN(S(=O)(=O)c2ccccc2Br)CC1. The number of nitrogens with zero attached hydrogens (tertiary/aromatic N) is 2. The maximum Gasteiger partial charge on any atom is 0.244 e. The number of piperidine rings is 1. The monoisotopic (exact) mass is 344 g/mol. The summed E-state index contributed by atoms with van der Waals surface area (Å²) in [5.41, 5.74) is 0. The molecule has 1 fully saturated rings. The molecule has 1 saturated heterocycles. The largest absolute Gasteiger partial charge is 0.244 e. The first kappa shape index (κ1) is 14.4. The predicted molar refractivity (Wildman–Crippen MR) is 74.0 cm³/mol. The molecule has 0 spiro atoms. The fraction of sp³-hybridized carbons (Fsp3) is 0.417. The second-order valence-corrected chi connectivity index (χ2v) is 7.05. The van der Waals surface area contributed by atoms with Gasteiger partial charge in [-0.05, 0) is 40.9 Å². The van der Waals surface area contributed by atoms with E-state index in [1.54, 1.807) is 24.3 Å². The van der Waals surface area contributed by atoms with Gasteiger partial charge in [-0.1, -0.05) is 12.1 Å². The zero-order valence-corrected chi connectivity index (χ0v) is 12.5. The molecule has 0 aliphatic carbocycles. The van der Waals surface area contributed by atoms with E-state index in [9.17, 15) is 13.2 Å². The van der Waals surface area contributed by atoms with Crippen LogP contribution in [0.2, 0.25) is 0 Å². The summed E-state index contributed by atoms with van der Waals surface area (Å²) in [4.78, 5) is 14.1. The molecule has 1 heterocycles. The Kier molecular flexibility index (Phi) is 4.52. The van der Waals surface area contributed by atoms with E-state index in [0.29, 0.717) is 30.4 Å². The highest BCUT2D eigenvalue weighted by molar-refractivity contribution is 9.10. The van der Waals surface area contributed by atoms with Gasteiger partial charge in [0.15, 0.2) is 0 Å². The average molecular weight is 345 g/mol. The Labute approximate surface area is 120 Å². The van der Waals surface area contributed by atoms with Gasteiger partial charge < -0.3 is 0 Å². The van der Waals surface area contributed by atoms with Crippen LogP contribution in [0.1, 0.15) is 12.8 Å². The van der Waals surface area contributed by atoms with Crippen molar-refractivity contribution in [2.24, 2.45) is 4.99 Å². The molecule has 7 heteroatoms. The van der Waals surface area contributed by atoms with E-state index in [-0.39, 0.29) is 10.9 Å². The molecular weight excluding hydrogens is 332 g/mol. The summed E-state index contributed by atoms with van der Waals surface area (Å²) in [5, 5.41) is 0. The molecule has 0 amide bonds. The first-order valence-corrected chi connectivity index (χ1v) is 8.10. The number of rotatable bonds is 3. The molecule has 19 heavy (non-hydrogen) atoms. The Morgan fingerprint density at radius 3 is 2.47 bits per heavy atom. The Balaban J connectivity index is 2.19. The van der Waals surface area contributed by atoms with E-state index in [1.807, 2.05) is 0 Å². The van der Waals surface area contributed by atoms with Crippen molar-refractivity contribution in [1.29, 1.82) is 0 Å². The highest BCUT2D eigenvalue weighted by Gasteiger charge is 2.30. The van der Waals surface area contributed by atoms with Crippen LogP contribution < -0.4 is 0 Å². The molecule has 5 nitrogen and oxygen atoms in total. The summed E-state index contributed by atoms with van der Waals surface area (Å²) >= 11 is 3.26. The van der Waals surface area contributed by atoms with Gasteiger partial charge >= 0.3 is 0 Å². The van der Waals surface area contributed by atoms with Crippen molar-refractivity contribution in [3.63, 3.8) is 0 Å². The number of sulfonamides is 1. The molecule has 2 rings (SSSR count). The average Bonchev–Trinajstić information content (AvgIpc) is 2.40. The van der Waals surface area contributed by atoms with Crippen molar-refractivity contribution in [1.82, 2.24) is 4.31 Å². The Bertz CT molecular complexity index is 603. The summed E-state index contributed by atoms with van der Waals surface area (Å²) in [7, 11) is -3.48. The number of halogens is 1. The maximum atomic E-state index is 12.5. The molecule has 0 saturated carbocycles. The lowest BCUT2D eigenvalue weighted by molar-refractivity contribution is 0.320. The fourth-order valence-electron chi connectivity index (χ4n) is 2.08. The highest BCUT2D eigenvalue weighted by atomic mass is 79.9. The first-order chi connectivity index (χ1) is 9.05. The van der Waals surface area contributed by atoms with Gasteiger partial charge in [0, 0.05) is 17.6 Å². The van der Waals surface area contributed by atoms with Gasteiger partial charge in [0.2, 0.25) is 16.1 Å². The lowest BCUT2D eigenvalue weighted by atomic mass is 10.1. The summed E-state index contributed by atoms with van der Waals surface area (Å²) in [6, 6.07) is 6.64. The van der Waals surface area contributed by atoms with Crippen molar-refractivity contribution < 1.29 is 13.2 Å². The van der Waals surface area contributed by atoms with Gasteiger partial charge in [-0.3, -0.25) is 0 Å². The topological polar surface area (TPSA) is 66.8 Å². The Morgan fingerprint density at radius 1 is 1.26 bits per heavy atom. The highest BCUT2D eigenvalue weighted by Crippen LogP contribution is 2.27. The number of isocyanates is 1. The van der Waals surface area contributed by atoms with Gasteiger partial charge in [-0.25, -0.2) is 18.2 Å². The molecule has 0 aromatic heterocycles. The van der Waals surface area contributed by atoms with Crippen LogP contribution in [0.3, 0.4) is 0 Å². The second kappa shape index (κ2) is 5.96. The maximum absolute atomic E-state index is 12.5. The molecule has 0 bridgehead atoms. The predicted octanol–water partition coefficient (Wildman–Crippen LogP) is 1.94. The molecule has 0 unspecified atom stereocenters. The lowest BCUT2D eigenvalue weighted by Gasteiger charge is -2.29. The smallest absolute Gasteiger partial charge is 0.211 e. The van der Waals surface area contributed by atoms with E-state index < -0.39 is 10.0 Å². The molecule has 1 aliphatic rings. The van der Waals surface area contributed by atoms with Crippen molar-refractivity contribution >= 4 is 32.0 Å². The van der Waals surface area contributed by atoms with E-state index in [2.05, 4.69) is 20.9 Å². The summed E-state index contributed by atoms with van der Waals surface area (Å²) < 4.78 is 26.9. The third-order valence-corrected chi connectivity index (χ3v) is 6.02. The first-order valence-electron chi connectivity index (χ1n) is 5.87. The van der Waals surface area contributed by atoms with E-state index >= 15 is 0 Å². The molecule has 1 aromatic carbocycles. The number of hydrogen-bond acceptors (Lipinski definition) is 4. The molecule has 1 aromatic rings. The normalized spacial score (nSPS) is 17.9. The van der Waals surface area contributed by atoms with Crippen molar-refractivity contribution in [2.45, 2.75) is 23.8 Å². The van der Waals surface area contributed by atoms with Gasteiger partial charge in [0.05, 0.1) is 10.9 Å². The van der Waals surface area contributed by atoms with Crippen LogP contribution in [0.4, 0.5) is 0 Å². The van der Waals surface area contributed by atoms with Crippen LogP contribution in [0.25, 0.3) is 0 Å². The third kappa shape index (κ3) is 3.12. The zero-order chi connectivity index (χ0) is 13.9. The number of aliphatic imine (C=N–C) groups is 1. The van der Waals surface area contributed by atoms with Crippen molar-refractivity contribution in [3.8, 4) is 0 Å². The molecule has 0 N–H and O–H groups in total. The van der Waals surface area contributed by atoms with E-state index in [4.69, 9.17) is 0 Å². The molecular formula is C12H13BrN2O3S. The standard InChI is InChI=1S/C12H13BrN2O3S/c13-11-3-1-2-4-12(11)19(17,18)15-7-5-10(6-8-15)14-9-16/h1-4,10H,5-8H2. The van der Waals surface area contributed by atoms with Crippen LogP contribution in [-0.2, 0) is 14.8 Å². The van der Waals surface area contributed by atoms with E-state index in [0.717, 1.165) is 0 Å². The summed E-state index contributed by atoms with van der Waals surface area (Å²) in [6.45, 7) is 0.749. The van der Waals surface area contributed by atoms with Crippen LogP contribution in [-0.4, -0.2) is 37.9 Å². The molecule has 0 radical (unpaired) electrons.